The SMILES string of the molecule is O=C(Nc1c(Cl)cc(Cl)c2c1N=S=N2)c1cccnc1F. The number of carbonyl (C=O) groups excluding carboxylic acids is 1. The fourth-order valence-corrected chi connectivity index (χ4v) is 2.89. The Kier molecular flexibility index (Phi) is 3.71. The van der Waals surface area contributed by atoms with Crippen molar-refractivity contribution >= 4 is 57.5 Å². The minimum absolute atomic E-state index is 0.192. The number of rotatable bonds is 2. The number of nitrogens with one attached hydrogen (secondary N) is 1. The number of anilines is 1. The lowest BCUT2D eigenvalue weighted by molar-refractivity contribution is 0.102. The highest BCUT2D eigenvalue weighted by atomic mass is 35.5. The average Bonchev–Trinajstić information content (AvgIpc) is 2.93. The Morgan fingerprint density at radius 3 is 2.76 bits per heavy atom. The van der Waals surface area contributed by atoms with Crippen LogP contribution in [0.3, 0.4) is 0 Å². The van der Waals surface area contributed by atoms with Gasteiger partial charge in [-0.2, -0.15) is 13.1 Å². The van der Waals surface area contributed by atoms with Crippen molar-refractivity contribution in [2.24, 2.45) is 8.73 Å². The predicted octanol–water partition coefficient (Wildman–Crippen LogP) is 4.51. The Morgan fingerprint density at radius 2 is 2.00 bits per heavy atom. The Balaban J connectivity index is 2.01. The average molecular weight is 343 g/mol. The quantitative estimate of drug-likeness (QED) is 0.696. The van der Waals surface area contributed by atoms with Crippen LogP contribution in [0, 0.1) is 5.95 Å². The van der Waals surface area contributed by atoms with Gasteiger partial charge in [0.2, 0.25) is 5.95 Å². The summed E-state index contributed by atoms with van der Waals surface area (Å²) in [5.74, 6) is -1.55. The number of halogens is 3. The van der Waals surface area contributed by atoms with Crippen LogP contribution in [0.2, 0.25) is 10.0 Å². The van der Waals surface area contributed by atoms with Crippen LogP contribution in [-0.4, -0.2) is 10.9 Å². The molecule has 1 amide bonds. The molecule has 2 aromatic rings. The van der Waals surface area contributed by atoms with Gasteiger partial charge in [0.25, 0.3) is 5.91 Å². The third-order valence-electron chi connectivity index (χ3n) is 2.69. The van der Waals surface area contributed by atoms with E-state index in [9.17, 15) is 9.18 Å². The van der Waals surface area contributed by atoms with Crippen molar-refractivity contribution in [2.45, 2.75) is 0 Å². The van der Waals surface area contributed by atoms with Gasteiger partial charge in [-0.1, -0.05) is 23.2 Å². The summed E-state index contributed by atoms with van der Waals surface area (Å²) in [5, 5.41) is 3.04. The third-order valence-corrected chi connectivity index (χ3v) is 3.80. The molecule has 1 aliphatic heterocycles. The number of nitrogens with zero attached hydrogens (tertiary/aromatic N) is 3. The molecular weight excluding hydrogens is 338 g/mol. The fourth-order valence-electron chi connectivity index (χ4n) is 1.73. The van der Waals surface area contributed by atoms with Gasteiger partial charge in [-0.05, 0) is 18.2 Å². The largest absolute Gasteiger partial charge is 0.319 e. The zero-order valence-electron chi connectivity index (χ0n) is 10.1. The Morgan fingerprint density at radius 1 is 1.24 bits per heavy atom. The van der Waals surface area contributed by atoms with E-state index in [1.165, 1.54) is 24.4 Å². The Bertz CT molecular complexity index is 836. The summed E-state index contributed by atoms with van der Waals surface area (Å²) in [6.45, 7) is 0. The summed E-state index contributed by atoms with van der Waals surface area (Å²) < 4.78 is 21.6. The van der Waals surface area contributed by atoms with Crippen LogP contribution in [0.15, 0.2) is 33.1 Å². The van der Waals surface area contributed by atoms with Crippen molar-refractivity contribution in [3.63, 3.8) is 0 Å². The standard InChI is InChI=1S/C12H5Cl2FN4OS/c13-6-4-7(14)9-10(19-21-18-9)8(6)17-12(20)5-2-1-3-16-11(5)15/h1-4H,(H,17,20). The molecule has 3 rings (SSSR count). The van der Waals surface area contributed by atoms with Crippen molar-refractivity contribution < 1.29 is 9.18 Å². The summed E-state index contributed by atoms with van der Waals surface area (Å²) in [7, 11) is 0. The highest BCUT2D eigenvalue weighted by Gasteiger charge is 2.21. The molecule has 9 heteroatoms. The number of carbonyl (C=O) groups is 1. The third kappa shape index (κ3) is 2.55. The molecule has 0 aliphatic carbocycles. The molecule has 5 nitrogen and oxygen atoms in total. The molecule has 0 saturated carbocycles. The summed E-state index contributed by atoms with van der Waals surface area (Å²) in [6, 6.07) is 4.22. The van der Waals surface area contributed by atoms with Gasteiger partial charge in [0.05, 0.1) is 32.7 Å². The number of pyridine rings is 1. The summed E-state index contributed by atoms with van der Waals surface area (Å²) >= 11 is 13.0. The number of benzene rings is 1. The van der Waals surface area contributed by atoms with Crippen molar-refractivity contribution in [1.82, 2.24) is 4.98 Å². The van der Waals surface area contributed by atoms with Crippen LogP contribution in [0.5, 0.6) is 0 Å². The monoisotopic (exact) mass is 342 g/mol. The van der Waals surface area contributed by atoms with Crippen molar-refractivity contribution in [2.75, 3.05) is 5.32 Å². The topological polar surface area (TPSA) is 66.7 Å². The lowest BCUT2D eigenvalue weighted by Crippen LogP contribution is -2.14. The first kappa shape index (κ1) is 14.1. The van der Waals surface area contributed by atoms with Crippen molar-refractivity contribution in [1.29, 1.82) is 0 Å². The second-order valence-corrected chi connectivity index (χ2v) is 5.32. The highest BCUT2D eigenvalue weighted by molar-refractivity contribution is 7.58. The maximum atomic E-state index is 13.5. The molecule has 21 heavy (non-hydrogen) atoms. The van der Waals surface area contributed by atoms with Crippen molar-refractivity contribution in [3.05, 3.63) is 46.0 Å². The molecule has 0 radical (unpaired) electrons. The number of aromatic nitrogens is 1. The number of hydrogen-bond donors (Lipinski definition) is 1. The van der Waals surface area contributed by atoms with Crippen LogP contribution in [-0.2, 0) is 11.4 Å². The van der Waals surface area contributed by atoms with Crippen LogP contribution < -0.4 is 5.32 Å². The van der Waals surface area contributed by atoms with Crippen LogP contribution in [0.1, 0.15) is 10.4 Å². The number of hydrogen-bond acceptors (Lipinski definition) is 4. The zero-order chi connectivity index (χ0) is 15.0. The van der Waals surface area contributed by atoms with Gasteiger partial charge >= 0.3 is 0 Å². The predicted molar refractivity (Wildman–Crippen MR) is 80.2 cm³/mol. The lowest BCUT2D eigenvalue weighted by atomic mass is 10.2. The maximum absolute atomic E-state index is 13.5. The van der Waals surface area contributed by atoms with Crippen molar-refractivity contribution in [3.8, 4) is 0 Å². The normalized spacial score (nSPS) is 12.0. The Hall–Kier alpha value is -1.83. The van der Waals surface area contributed by atoms with Gasteiger partial charge in [0.1, 0.15) is 11.4 Å². The van der Waals surface area contributed by atoms with Gasteiger partial charge in [-0.15, -0.1) is 0 Å². The first-order valence-corrected chi connectivity index (χ1v) is 7.08. The van der Waals surface area contributed by atoms with Crippen LogP contribution >= 0.6 is 23.2 Å². The van der Waals surface area contributed by atoms with E-state index in [1.54, 1.807) is 0 Å². The van der Waals surface area contributed by atoms with E-state index in [-0.39, 0.29) is 16.3 Å². The van der Waals surface area contributed by atoms with E-state index in [1.807, 2.05) is 0 Å². The van der Waals surface area contributed by atoms with E-state index in [0.29, 0.717) is 16.4 Å². The first-order valence-electron chi connectivity index (χ1n) is 5.60. The number of amides is 1. The van der Waals surface area contributed by atoms with Crippen LogP contribution in [0.4, 0.5) is 21.5 Å². The van der Waals surface area contributed by atoms with Crippen LogP contribution in [0.25, 0.3) is 0 Å². The molecule has 0 spiro atoms. The van der Waals surface area contributed by atoms with Gasteiger partial charge in [-0.3, -0.25) is 4.79 Å². The molecule has 0 bridgehead atoms. The Labute approximate surface area is 132 Å². The minimum Gasteiger partial charge on any atom is -0.319 e. The zero-order valence-corrected chi connectivity index (χ0v) is 12.4. The second kappa shape index (κ2) is 5.51. The fraction of sp³-hybridized carbons (Fsp3) is 0. The highest BCUT2D eigenvalue weighted by Crippen LogP contribution is 2.47. The molecule has 1 N–H and O–H groups in total. The molecule has 0 fully saturated rings. The first-order chi connectivity index (χ1) is 10.1. The van der Waals surface area contributed by atoms with Gasteiger partial charge in [0.15, 0.2) is 0 Å². The smallest absolute Gasteiger partial charge is 0.260 e. The molecule has 1 aromatic heterocycles. The van der Waals surface area contributed by atoms with E-state index in [0.717, 1.165) is 11.4 Å². The minimum atomic E-state index is -0.868. The molecule has 2 heterocycles. The van der Waals surface area contributed by atoms with E-state index in [4.69, 9.17) is 23.2 Å². The molecular formula is C12H5Cl2FN4OS. The van der Waals surface area contributed by atoms with E-state index >= 15 is 0 Å². The maximum Gasteiger partial charge on any atom is 0.260 e. The van der Waals surface area contributed by atoms with E-state index in [2.05, 4.69) is 19.0 Å². The summed E-state index contributed by atoms with van der Waals surface area (Å²) in [5.41, 5.74) is 0.820. The van der Waals surface area contributed by atoms with Gasteiger partial charge < -0.3 is 5.32 Å². The molecule has 0 atom stereocenters. The molecule has 0 unspecified atom stereocenters. The molecule has 106 valence electrons. The molecule has 0 saturated heterocycles. The molecule has 1 aliphatic rings. The molecule has 1 aromatic carbocycles. The second-order valence-electron chi connectivity index (χ2n) is 3.97. The summed E-state index contributed by atoms with van der Waals surface area (Å²) in [6.07, 6.45) is 1.25. The lowest BCUT2D eigenvalue weighted by Gasteiger charge is -2.11. The number of fused-ring (bicyclic) bond motifs is 1. The van der Waals surface area contributed by atoms with E-state index < -0.39 is 11.9 Å². The van der Waals surface area contributed by atoms with Gasteiger partial charge in [-0.25, -0.2) is 4.98 Å². The van der Waals surface area contributed by atoms with Gasteiger partial charge in [0, 0.05) is 6.20 Å². The summed E-state index contributed by atoms with van der Waals surface area (Å²) in [4.78, 5) is 15.5.